The smallest absolute Gasteiger partial charge is 0.140 e. The van der Waals surface area contributed by atoms with Crippen LogP contribution in [0.3, 0.4) is 0 Å². The lowest BCUT2D eigenvalue weighted by Gasteiger charge is -2.35. The normalized spacial score (nSPS) is 36.9. The second-order valence-electron chi connectivity index (χ2n) is 3.37. The molecule has 2 heterocycles. The molecule has 0 aromatic carbocycles. The molecule has 1 aromatic rings. The highest BCUT2D eigenvalue weighted by molar-refractivity contribution is 5.08. The Balaban J connectivity index is 2.44. The number of imidazole rings is 1. The van der Waals surface area contributed by atoms with E-state index in [4.69, 9.17) is 5.11 Å². The van der Waals surface area contributed by atoms with Gasteiger partial charge in [0, 0.05) is 12.4 Å². The van der Waals surface area contributed by atoms with Gasteiger partial charge in [-0.3, -0.25) is 0 Å². The van der Waals surface area contributed by atoms with Crippen molar-refractivity contribution in [3.05, 3.63) is 18.2 Å². The average Bonchev–Trinajstić information content (AvgIpc) is 2.64. The van der Waals surface area contributed by atoms with E-state index in [9.17, 15) is 15.3 Å². The molecule has 78 valence electrons. The second kappa shape index (κ2) is 3.32. The van der Waals surface area contributed by atoms with Crippen LogP contribution in [0.25, 0.3) is 0 Å². The Morgan fingerprint density at radius 1 is 1.29 bits per heavy atom. The predicted octanol–water partition coefficient (Wildman–Crippen LogP) is -1.81. The molecule has 0 unspecified atom stereocenters. The maximum atomic E-state index is 9.55. The maximum Gasteiger partial charge on any atom is 0.140 e. The van der Waals surface area contributed by atoms with Crippen molar-refractivity contribution in [2.75, 3.05) is 6.61 Å². The molecule has 0 bridgehead atoms. The van der Waals surface area contributed by atoms with E-state index in [1.165, 1.54) is 10.8 Å². The molecule has 4 N–H and O–H groups in total. The van der Waals surface area contributed by atoms with Gasteiger partial charge in [-0.05, 0) is 0 Å². The van der Waals surface area contributed by atoms with Gasteiger partial charge in [-0.25, -0.2) is 4.98 Å². The van der Waals surface area contributed by atoms with E-state index in [-0.39, 0.29) is 12.4 Å². The van der Waals surface area contributed by atoms with Gasteiger partial charge in [-0.2, -0.15) is 0 Å². The highest BCUT2D eigenvalue weighted by atomic mass is 16.4. The van der Waals surface area contributed by atoms with Crippen molar-refractivity contribution in [2.24, 2.45) is 0 Å². The number of fused-ring (bicyclic) bond motifs is 1. The third-order valence-corrected chi connectivity index (χ3v) is 2.58. The molecule has 0 fully saturated rings. The first-order valence-corrected chi connectivity index (χ1v) is 4.34. The van der Waals surface area contributed by atoms with E-state index in [1.54, 1.807) is 6.20 Å². The lowest BCUT2D eigenvalue weighted by Crippen LogP contribution is -2.46. The fraction of sp³-hybridized carbons (Fsp3) is 0.625. The molecule has 6 heteroatoms. The van der Waals surface area contributed by atoms with Gasteiger partial charge in [-0.15, -0.1) is 0 Å². The van der Waals surface area contributed by atoms with Crippen LogP contribution in [0.1, 0.15) is 18.0 Å². The van der Waals surface area contributed by atoms with Gasteiger partial charge in [0.05, 0.1) is 12.6 Å². The van der Waals surface area contributed by atoms with Crippen LogP contribution in [0, 0.1) is 0 Å². The summed E-state index contributed by atoms with van der Waals surface area (Å²) in [5, 5.41) is 37.6. The van der Waals surface area contributed by atoms with Crippen molar-refractivity contribution in [2.45, 2.75) is 24.4 Å². The maximum absolute atomic E-state index is 9.55. The number of rotatable bonds is 1. The molecule has 6 nitrogen and oxygen atoms in total. The Bertz CT molecular complexity index is 327. The molecule has 1 aromatic heterocycles. The van der Waals surface area contributed by atoms with Crippen LogP contribution < -0.4 is 0 Å². The van der Waals surface area contributed by atoms with Crippen LogP contribution in [0.2, 0.25) is 0 Å². The minimum atomic E-state index is -1.30. The van der Waals surface area contributed by atoms with Gasteiger partial charge in [-0.1, -0.05) is 0 Å². The summed E-state index contributed by atoms with van der Waals surface area (Å²) in [7, 11) is 0. The summed E-state index contributed by atoms with van der Waals surface area (Å²) in [6, 6.07) is -0.647. The summed E-state index contributed by atoms with van der Waals surface area (Å²) in [5.74, 6) is 0.266. The first kappa shape index (κ1) is 9.60. The van der Waals surface area contributed by atoms with Crippen LogP contribution in [0.4, 0.5) is 0 Å². The zero-order valence-electron chi connectivity index (χ0n) is 7.35. The Kier molecular flexibility index (Phi) is 2.28. The first-order valence-electron chi connectivity index (χ1n) is 4.34. The van der Waals surface area contributed by atoms with E-state index < -0.39 is 24.4 Å². The number of hydrogen-bond acceptors (Lipinski definition) is 5. The largest absolute Gasteiger partial charge is 0.394 e. The number of hydrogen-bond donors (Lipinski definition) is 4. The molecule has 4 atom stereocenters. The van der Waals surface area contributed by atoms with Crippen molar-refractivity contribution in [1.82, 2.24) is 9.55 Å². The van der Waals surface area contributed by atoms with Gasteiger partial charge in [0.2, 0.25) is 0 Å². The molecule has 14 heavy (non-hydrogen) atoms. The van der Waals surface area contributed by atoms with Gasteiger partial charge in [0.1, 0.15) is 24.1 Å². The topological polar surface area (TPSA) is 98.7 Å². The van der Waals surface area contributed by atoms with Crippen molar-refractivity contribution in [1.29, 1.82) is 0 Å². The third-order valence-electron chi connectivity index (χ3n) is 2.58. The monoisotopic (exact) mass is 200 g/mol. The molecule has 0 saturated heterocycles. The van der Waals surface area contributed by atoms with Gasteiger partial charge in [0.15, 0.2) is 0 Å². The predicted molar refractivity (Wildman–Crippen MR) is 45.3 cm³/mol. The minimum absolute atomic E-state index is 0.266. The van der Waals surface area contributed by atoms with Gasteiger partial charge >= 0.3 is 0 Å². The fourth-order valence-corrected chi connectivity index (χ4v) is 1.76. The van der Waals surface area contributed by atoms with Crippen molar-refractivity contribution in [3.8, 4) is 0 Å². The van der Waals surface area contributed by atoms with E-state index >= 15 is 0 Å². The molecule has 0 saturated carbocycles. The molecular formula is C8H12N2O4. The molecule has 0 radical (unpaired) electrons. The number of nitrogens with zero attached hydrogens (tertiary/aromatic N) is 2. The Labute approximate surface area is 80.1 Å². The molecule has 0 aliphatic carbocycles. The van der Waals surface area contributed by atoms with Crippen molar-refractivity contribution in [3.63, 3.8) is 0 Å². The van der Waals surface area contributed by atoms with E-state index in [0.717, 1.165) is 0 Å². The highest BCUT2D eigenvalue weighted by Crippen LogP contribution is 2.30. The van der Waals surface area contributed by atoms with Crippen LogP contribution in [0.15, 0.2) is 12.4 Å². The number of aliphatic hydroxyl groups excluding tert-OH is 4. The van der Waals surface area contributed by atoms with Crippen LogP contribution in [-0.4, -0.2) is 48.8 Å². The summed E-state index contributed by atoms with van der Waals surface area (Å²) in [6.07, 6.45) is -0.693. The molecule has 1 aliphatic rings. The molecule has 1 aliphatic heterocycles. The lowest BCUT2D eigenvalue weighted by molar-refractivity contribution is -0.108. The van der Waals surface area contributed by atoms with Gasteiger partial charge < -0.3 is 25.0 Å². The standard InChI is InChI=1S/C8H12N2O4/c11-3-4-5(12)6(13)7(14)8-9-1-2-10(4)8/h1-2,4-7,11-14H,3H2/t4-,5-,6+,7+/m1/s1. The molecular weight excluding hydrogens is 188 g/mol. The third kappa shape index (κ3) is 1.16. The Morgan fingerprint density at radius 3 is 2.64 bits per heavy atom. The summed E-state index contributed by atoms with van der Waals surface area (Å²) < 4.78 is 1.47. The summed E-state index contributed by atoms with van der Waals surface area (Å²) >= 11 is 0. The fourth-order valence-electron chi connectivity index (χ4n) is 1.76. The van der Waals surface area contributed by atoms with Crippen molar-refractivity contribution >= 4 is 0 Å². The second-order valence-corrected chi connectivity index (χ2v) is 3.37. The molecule has 0 amide bonds. The summed E-state index contributed by atoms with van der Waals surface area (Å²) in [5.41, 5.74) is 0. The highest BCUT2D eigenvalue weighted by Gasteiger charge is 2.40. The van der Waals surface area contributed by atoms with E-state index in [1.807, 2.05) is 0 Å². The lowest BCUT2D eigenvalue weighted by atomic mass is 9.96. The zero-order chi connectivity index (χ0) is 10.3. The van der Waals surface area contributed by atoms with Crippen LogP contribution in [-0.2, 0) is 0 Å². The Morgan fingerprint density at radius 2 is 2.00 bits per heavy atom. The number of aliphatic hydroxyl groups is 4. The van der Waals surface area contributed by atoms with Crippen LogP contribution >= 0.6 is 0 Å². The summed E-state index contributed by atoms with van der Waals surface area (Å²) in [6.45, 7) is -0.311. The SMILES string of the molecule is OC[C@@H]1[C@@H](O)[C@H](O)[C@H](O)c2nccn21. The van der Waals surface area contributed by atoms with E-state index in [0.29, 0.717) is 0 Å². The quantitative estimate of drug-likeness (QED) is 0.428. The summed E-state index contributed by atoms with van der Waals surface area (Å²) in [4.78, 5) is 3.85. The average molecular weight is 200 g/mol. The van der Waals surface area contributed by atoms with Gasteiger partial charge in [0.25, 0.3) is 0 Å². The first-order chi connectivity index (χ1) is 6.66. The Hall–Kier alpha value is -0.950. The minimum Gasteiger partial charge on any atom is -0.394 e. The van der Waals surface area contributed by atoms with Crippen molar-refractivity contribution < 1.29 is 20.4 Å². The zero-order valence-corrected chi connectivity index (χ0v) is 7.35. The van der Waals surface area contributed by atoms with E-state index in [2.05, 4.69) is 4.98 Å². The molecule has 0 spiro atoms. The number of aromatic nitrogens is 2. The van der Waals surface area contributed by atoms with Crippen LogP contribution in [0.5, 0.6) is 0 Å². The molecule has 2 rings (SSSR count).